The lowest BCUT2D eigenvalue weighted by Crippen LogP contribution is -2.34. The number of halogens is 1. The summed E-state index contributed by atoms with van der Waals surface area (Å²) < 4.78 is 18.6. The van der Waals surface area contributed by atoms with E-state index in [4.69, 9.17) is 5.73 Å². The maximum absolute atomic E-state index is 13.9. The number of Topliss-reactive ketones (excluding diaryl/α,β-unsaturated/α-hetero) is 1. The van der Waals surface area contributed by atoms with Gasteiger partial charge in [-0.15, -0.1) is 0 Å². The van der Waals surface area contributed by atoms with Gasteiger partial charge in [-0.25, -0.2) is 9.37 Å². The van der Waals surface area contributed by atoms with Crippen molar-refractivity contribution in [3.63, 3.8) is 0 Å². The number of nitrogens with one attached hydrogen (secondary N) is 1. The van der Waals surface area contributed by atoms with Crippen LogP contribution in [0.15, 0.2) is 47.3 Å². The van der Waals surface area contributed by atoms with E-state index in [0.717, 1.165) is 19.3 Å². The number of aromatic amines is 1. The van der Waals surface area contributed by atoms with Gasteiger partial charge in [0.05, 0.1) is 11.2 Å². The molecule has 27 heavy (non-hydrogen) atoms. The minimum Gasteiger partial charge on any atom is -0.364 e. The van der Waals surface area contributed by atoms with Crippen LogP contribution in [0, 0.1) is 5.82 Å². The van der Waals surface area contributed by atoms with Gasteiger partial charge in [-0.1, -0.05) is 30.1 Å². The Morgan fingerprint density at radius 3 is 2.81 bits per heavy atom. The molecule has 6 nitrogen and oxygen atoms in total. The van der Waals surface area contributed by atoms with Gasteiger partial charge in [0, 0.05) is 24.2 Å². The van der Waals surface area contributed by atoms with E-state index in [9.17, 15) is 9.18 Å². The lowest BCUT2D eigenvalue weighted by molar-refractivity contribution is 0.0970. The molecule has 1 aromatic carbocycles. The molecule has 1 atom stereocenters. The number of H-pyrrole nitrogens is 1. The molecule has 0 radical (unpaired) electrons. The van der Waals surface area contributed by atoms with Crippen molar-refractivity contribution in [2.45, 2.75) is 44.6 Å². The van der Waals surface area contributed by atoms with Gasteiger partial charge in [0.1, 0.15) is 23.6 Å². The van der Waals surface area contributed by atoms with Crippen LogP contribution >= 0.6 is 0 Å². The third-order valence-corrected chi connectivity index (χ3v) is 4.59. The SMILES string of the molecule is C[C@](N)(CCCCCC(=O)c1ccon1)c1nc(-c2ccccc2F)c[nH]1. The largest absolute Gasteiger partial charge is 0.364 e. The third kappa shape index (κ3) is 4.68. The Hall–Kier alpha value is -2.80. The lowest BCUT2D eigenvalue weighted by atomic mass is 9.94. The molecule has 0 saturated carbocycles. The van der Waals surface area contributed by atoms with Crippen molar-refractivity contribution in [2.24, 2.45) is 5.73 Å². The summed E-state index contributed by atoms with van der Waals surface area (Å²) in [7, 11) is 0. The van der Waals surface area contributed by atoms with Crippen molar-refractivity contribution in [2.75, 3.05) is 0 Å². The maximum atomic E-state index is 13.9. The van der Waals surface area contributed by atoms with E-state index < -0.39 is 5.54 Å². The van der Waals surface area contributed by atoms with Crippen LogP contribution in [-0.2, 0) is 5.54 Å². The van der Waals surface area contributed by atoms with E-state index in [2.05, 4.69) is 19.6 Å². The zero-order valence-corrected chi connectivity index (χ0v) is 15.2. The molecule has 0 aliphatic rings. The predicted molar refractivity (Wildman–Crippen MR) is 99.4 cm³/mol. The monoisotopic (exact) mass is 370 g/mol. The number of aromatic nitrogens is 3. The van der Waals surface area contributed by atoms with Crippen LogP contribution in [0.5, 0.6) is 0 Å². The molecule has 3 N–H and O–H groups in total. The summed E-state index contributed by atoms with van der Waals surface area (Å²) in [5.41, 5.74) is 7.11. The van der Waals surface area contributed by atoms with E-state index in [-0.39, 0.29) is 11.6 Å². The standard InChI is InChI=1S/C20H23FN4O2/c1-20(22,11-6-2-3-9-18(26)16-10-12-27-25-16)19-23-13-17(24-19)14-7-4-5-8-15(14)21/h4-5,7-8,10,12-13H,2-3,6,9,11,22H2,1H3,(H,23,24)/t20-/m0/s1. The molecule has 0 bridgehead atoms. The number of nitrogens with zero attached hydrogens (tertiary/aromatic N) is 2. The molecule has 2 aromatic heterocycles. The Balaban J connectivity index is 1.50. The lowest BCUT2D eigenvalue weighted by Gasteiger charge is -2.22. The van der Waals surface area contributed by atoms with E-state index >= 15 is 0 Å². The second-order valence-electron chi connectivity index (χ2n) is 6.90. The summed E-state index contributed by atoms with van der Waals surface area (Å²) in [5.74, 6) is 0.297. The topological polar surface area (TPSA) is 97.8 Å². The molecule has 3 rings (SSSR count). The molecule has 0 aliphatic heterocycles. The number of carbonyl (C=O) groups excluding carboxylic acids is 1. The Morgan fingerprint density at radius 2 is 2.07 bits per heavy atom. The average molecular weight is 370 g/mol. The van der Waals surface area contributed by atoms with E-state index in [1.165, 1.54) is 12.3 Å². The van der Waals surface area contributed by atoms with Crippen molar-refractivity contribution >= 4 is 5.78 Å². The number of carbonyl (C=O) groups is 1. The summed E-state index contributed by atoms with van der Waals surface area (Å²) in [6, 6.07) is 8.09. The molecular weight excluding hydrogens is 347 g/mol. The van der Waals surface area contributed by atoms with Crippen molar-refractivity contribution in [1.29, 1.82) is 0 Å². The van der Waals surface area contributed by atoms with Crippen molar-refractivity contribution < 1.29 is 13.7 Å². The molecule has 0 aliphatic carbocycles. The molecule has 7 heteroatoms. The highest BCUT2D eigenvalue weighted by Gasteiger charge is 2.25. The Bertz CT molecular complexity index is 887. The summed E-state index contributed by atoms with van der Waals surface area (Å²) in [6.45, 7) is 1.90. The number of ketones is 1. The van der Waals surface area contributed by atoms with E-state index in [1.54, 1.807) is 30.5 Å². The van der Waals surface area contributed by atoms with Crippen LogP contribution < -0.4 is 5.73 Å². The number of hydrogen-bond donors (Lipinski definition) is 2. The first-order chi connectivity index (χ1) is 13.0. The van der Waals surface area contributed by atoms with Crippen LogP contribution in [0.3, 0.4) is 0 Å². The summed E-state index contributed by atoms with van der Waals surface area (Å²) in [6.07, 6.45) is 6.70. The van der Waals surface area contributed by atoms with Gasteiger partial charge in [0.15, 0.2) is 5.78 Å². The molecule has 0 amide bonds. The van der Waals surface area contributed by atoms with E-state index in [1.807, 2.05) is 6.92 Å². The first kappa shape index (κ1) is 19.0. The van der Waals surface area contributed by atoms with Crippen molar-refractivity contribution in [3.05, 3.63) is 60.1 Å². The van der Waals surface area contributed by atoms with Crippen LogP contribution in [0.1, 0.15) is 55.3 Å². The van der Waals surface area contributed by atoms with Gasteiger partial charge in [-0.3, -0.25) is 4.79 Å². The minimum atomic E-state index is -0.653. The summed E-state index contributed by atoms with van der Waals surface area (Å²) in [5, 5.41) is 3.64. The van der Waals surface area contributed by atoms with E-state index in [0.29, 0.717) is 35.6 Å². The van der Waals surface area contributed by atoms with Gasteiger partial charge in [-0.2, -0.15) is 0 Å². The van der Waals surface area contributed by atoms with Crippen molar-refractivity contribution in [1.82, 2.24) is 15.1 Å². The Kier molecular flexibility index (Phi) is 5.81. The number of imidazole rings is 1. The molecule has 3 aromatic rings. The number of hydrogen-bond acceptors (Lipinski definition) is 5. The molecular formula is C20H23FN4O2. The predicted octanol–water partition coefficient (Wildman–Crippen LogP) is 4.21. The number of benzene rings is 1. The first-order valence-electron chi connectivity index (χ1n) is 9.00. The minimum absolute atomic E-state index is 0.0141. The quantitative estimate of drug-likeness (QED) is 0.434. The van der Waals surface area contributed by atoms with Gasteiger partial charge in [-0.05, 0) is 31.9 Å². The highest BCUT2D eigenvalue weighted by Crippen LogP contribution is 2.26. The van der Waals surface area contributed by atoms with Gasteiger partial charge >= 0.3 is 0 Å². The molecule has 0 saturated heterocycles. The number of rotatable bonds is 9. The zero-order valence-electron chi connectivity index (χ0n) is 15.2. The number of unbranched alkanes of at least 4 members (excludes halogenated alkanes) is 2. The van der Waals surface area contributed by atoms with Crippen LogP contribution in [0.4, 0.5) is 4.39 Å². The molecule has 142 valence electrons. The third-order valence-electron chi connectivity index (χ3n) is 4.59. The molecule has 0 unspecified atom stereocenters. The molecule has 0 spiro atoms. The van der Waals surface area contributed by atoms with Crippen LogP contribution in [0.25, 0.3) is 11.3 Å². The Labute approximate surface area is 157 Å². The summed E-state index contributed by atoms with van der Waals surface area (Å²) in [4.78, 5) is 19.4. The van der Waals surface area contributed by atoms with Crippen molar-refractivity contribution in [3.8, 4) is 11.3 Å². The second-order valence-corrected chi connectivity index (χ2v) is 6.90. The van der Waals surface area contributed by atoms with Gasteiger partial charge in [0.25, 0.3) is 0 Å². The summed E-state index contributed by atoms with van der Waals surface area (Å²) >= 11 is 0. The smallest absolute Gasteiger partial charge is 0.184 e. The highest BCUT2D eigenvalue weighted by atomic mass is 19.1. The number of nitrogens with two attached hydrogens (primary N) is 1. The van der Waals surface area contributed by atoms with Gasteiger partial charge in [0.2, 0.25) is 0 Å². The first-order valence-corrected chi connectivity index (χ1v) is 9.00. The second kappa shape index (κ2) is 8.26. The normalized spacial score (nSPS) is 13.4. The maximum Gasteiger partial charge on any atom is 0.184 e. The van der Waals surface area contributed by atoms with Crippen LogP contribution in [-0.4, -0.2) is 20.9 Å². The van der Waals surface area contributed by atoms with Crippen LogP contribution in [0.2, 0.25) is 0 Å². The Morgan fingerprint density at radius 1 is 1.26 bits per heavy atom. The highest BCUT2D eigenvalue weighted by molar-refractivity contribution is 5.93. The molecule has 2 heterocycles. The fraction of sp³-hybridized carbons (Fsp3) is 0.350. The fourth-order valence-electron chi connectivity index (χ4n) is 2.98. The molecule has 0 fully saturated rings. The zero-order chi connectivity index (χ0) is 19.3. The average Bonchev–Trinajstić information content (AvgIpc) is 3.34. The fourth-order valence-corrected chi connectivity index (χ4v) is 2.98. The van der Waals surface area contributed by atoms with Gasteiger partial charge < -0.3 is 15.2 Å².